The summed E-state index contributed by atoms with van der Waals surface area (Å²) in [4.78, 5) is 2.28. The predicted octanol–water partition coefficient (Wildman–Crippen LogP) is 0.909. The van der Waals surface area contributed by atoms with Crippen molar-refractivity contribution in [2.45, 2.75) is 6.92 Å². The second kappa shape index (κ2) is 5.55. The summed E-state index contributed by atoms with van der Waals surface area (Å²) in [6, 6.07) is 2.13. The summed E-state index contributed by atoms with van der Waals surface area (Å²) in [5.41, 5.74) is 1.17. The van der Waals surface area contributed by atoms with Crippen LogP contribution in [0, 0.1) is 6.92 Å². The number of hydrogen-bond donors (Lipinski definition) is 1. The number of hydrogen-bond acceptors (Lipinski definition) is 6. The molecule has 2 rings (SSSR count). The van der Waals surface area contributed by atoms with Crippen LogP contribution in [0.25, 0.3) is 0 Å². The highest BCUT2D eigenvalue weighted by molar-refractivity contribution is 7.99. The van der Waals surface area contributed by atoms with Gasteiger partial charge in [-0.25, -0.2) is 0 Å². The van der Waals surface area contributed by atoms with Gasteiger partial charge in [0.1, 0.15) is 0 Å². The van der Waals surface area contributed by atoms with Crippen LogP contribution >= 0.6 is 11.9 Å². The maximum atomic E-state index is 4.33. The molecule has 0 aromatic carbocycles. The molecule has 2 heterocycles. The monoisotopic (exact) mass is 253 g/mol. The number of piperazine rings is 1. The van der Waals surface area contributed by atoms with Crippen molar-refractivity contribution >= 4 is 23.6 Å². The van der Waals surface area contributed by atoms with E-state index in [1.165, 1.54) is 5.56 Å². The third kappa shape index (κ3) is 2.81. The molecule has 1 aliphatic heterocycles. The molecular formula is C11H19N5S. The van der Waals surface area contributed by atoms with Crippen LogP contribution in [0.4, 0.5) is 11.6 Å². The first-order chi connectivity index (χ1) is 8.22. The first-order valence-corrected chi connectivity index (χ1v) is 6.98. The largest absolute Gasteiger partial charge is 0.353 e. The van der Waals surface area contributed by atoms with E-state index in [1.807, 2.05) is 17.6 Å². The molecule has 1 saturated heterocycles. The lowest BCUT2D eigenvalue weighted by atomic mass is 10.3. The van der Waals surface area contributed by atoms with Gasteiger partial charge < -0.3 is 14.5 Å². The second-order valence-corrected chi connectivity index (χ2v) is 5.04. The average Bonchev–Trinajstić information content (AvgIpc) is 2.39. The number of nitrogens with zero attached hydrogens (tertiary/aromatic N) is 4. The molecule has 0 spiro atoms. The van der Waals surface area contributed by atoms with Crippen LogP contribution in [-0.4, -0.2) is 49.7 Å². The zero-order valence-corrected chi connectivity index (χ0v) is 11.4. The Hall–Kier alpha value is -1.01. The second-order valence-electron chi connectivity index (χ2n) is 4.13. The van der Waals surface area contributed by atoms with Crippen LogP contribution in [0.1, 0.15) is 5.56 Å². The van der Waals surface area contributed by atoms with Gasteiger partial charge in [-0.3, -0.25) is 0 Å². The lowest BCUT2D eigenvalue weighted by Crippen LogP contribution is -2.44. The number of rotatable bonds is 3. The Morgan fingerprint density at radius 3 is 2.65 bits per heavy atom. The molecule has 0 saturated carbocycles. The third-order valence-electron chi connectivity index (χ3n) is 2.96. The summed E-state index contributed by atoms with van der Waals surface area (Å²) < 4.78 is 2.03. The van der Waals surface area contributed by atoms with Crippen LogP contribution in [0.2, 0.25) is 0 Å². The van der Waals surface area contributed by atoms with E-state index in [0.29, 0.717) is 0 Å². The summed E-state index contributed by atoms with van der Waals surface area (Å²) in [7, 11) is 2.01. The van der Waals surface area contributed by atoms with E-state index >= 15 is 0 Å². The highest BCUT2D eigenvalue weighted by atomic mass is 32.2. The summed E-state index contributed by atoms with van der Waals surface area (Å²) in [5, 5.41) is 12.0. The van der Waals surface area contributed by atoms with Crippen molar-refractivity contribution in [2.75, 3.05) is 48.7 Å². The molecule has 94 valence electrons. The van der Waals surface area contributed by atoms with Crippen molar-refractivity contribution in [3.8, 4) is 0 Å². The summed E-state index contributed by atoms with van der Waals surface area (Å²) >= 11 is 1.64. The molecular weight excluding hydrogens is 234 g/mol. The van der Waals surface area contributed by atoms with Gasteiger partial charge in [0.15, 0.2) is 11.6 Å². The smallest absolute Gasteiger partial charge is 0.163 e. The highest BCUT2D eigenvalue weighted by Gasteiger charge is 2.14. The van der Waals surface area contributed by atoms with Gasteiger partial charge in [0.2, 0.25) is 0 Å². The molecule has 1 aromatic rings. The molecule has 17 heavy (non-hydrogen) atoms. The van der Waals surface area contributed by atoms with E-state index in [1.54, 1.807) is 11.9 Å². The standard InChI is InChI=1S/C11H19N5S/c1-9-8-10(16-6-4-12-5-7-16)13-14-11(9)15(2)17-3/h8,12H,4-7H2,1-3H3. The fraction of sp³-hybridized carbons (Fsp3) is 0.636. The summed E-state index contributed by atoms with van der Waals surface area (Å²) in [6.45, 7) is 6.14. The van der Waals surface area contributed by atoms with E-state index in [4.69, 9.17) is 0 Å². The van der Waals surface area contributed by atoms with Crippen LogP contribution < -0.4 is 14.5 Å². The van der Waals surface area contributed by atoms with E-state index in [0.717, 1.165) is 37.8 Å². The van der Waals surface area contributed by atoms with Crippen molar-refractivity contribution < 1.29 is 0 Å². The maximum Gasteiger partial charge on any atom is 0.163 e. The van der Waals surface area contributed by atoms with Gasteiger partial charge in [-0.2, -0.15) is 0 Å². The Morgan fingerprint density at radius 1 is 1.35 bits per heavy atom. The minimum Gasteiger partial charge on any atom is -0.353 e. The molecule has 1 N–H and O–H groups in total. The molecule has 0 bridgehead atoms. The van der Waals surface area contributed by atoms with E-state index in [9.17, 15) is 0 Å². The Morgan fingerprint density at radius 2 is 2.06 bits per heavy atom. The third-order valence-corrected chi connectivity index (χ3v) is 3.68. The molecule has 6 heteroatoms. The summed E-state index contributed by atoms with van der Waals surface area (Å²) in [5.74, 6) is 1.93. The lowest BCUT2D eigenvalue weighted by Gasteiger charge is -2.28. The number of anilines is 2. The lowest BCUT2D eigenvalue weighted by molar-refractivity contribution is 0.582. The Bertz CT molecular complexity index is 378. The van der Waals surface area contributed by atoms with Crippen LogP contribution in [-0.2, 0) is 0 Å². The van der Waals surface area contributed by atoms with E-state index in [-0.39, 0.29) is 0 Å². The maximum absolute atomic E-state index is 4.33. The molecule has 0 amide bonds. The number of aromatic nitrogens is 2. The van der Waals surface area contributed by atoms with Gasteiger partial charge in [-0.05, 0) is 18.6 Å². The first-order valence-electron chi connectivity index (χ1n) is 5.80. The first kappa shape index (κ1) is 12.4. The Kier molecular flexibility index (Phi) is 4.06. The topological polar surface area (TPSA) is 44.3 Å². The minimum atomic E-state index is 0.941. The van der Waals surface area contributed by atoms with E-state index in [2.05, 4.69) is 33.4 Å². The quantitative estimate of drug-likeness (QED) is 0.808. The highest BCUT2D eigenvalue weighted by Crippen LogP contribution is 2.22. The van der Waals surface area contributed by atoms with Crippen LogP contribution in [0.5, 0.6) is 0 Å². The van der Waals surface area contributed by atoms with E-state index < -0.39 is 0 Å². The van der Waals surface area contributed by atoms with Crippen molar-refractivity contribution in [3.63, 3.8) is 0 Å². The van der Waals surface area contributed by atoms with Crippen molar-refractivity contribution in [2.24, 2.45) is 0 Å². The Labute approximate surface area is 107 Å². The van der Waals surface area contributed by atoms with Crippen LogP contribution in [0.15, 0.2) is 6.07 Å². The van der Waals surface area contributed by atoms with Gasteiger partial charge in [-0.1, -0.05) is 11.9 Å². The summed E-state index contributed by atoms with van der Waals surface area (Å²) in [6.07, 6.45) is 2.03. The molecule has 0 unspecified atom stereocenters. The molecule has 1 fully saturated rings. The van der Waals surface area contributed by atoms with Gasteiger partial charge >= 0.3 is 0 Å². The van der Waals surface area contributed by atoms with Gasteiger partial charge in [0.25, 0.3) is 0 Å². The Balaban J connectivity index is 2.17. The molecule has 0 aliphatic carbocycles. The molecule has 5 nitrogen and oxygen atoms in total. The van der Waals surface area contributed by atoms with Crippen molar-refractivity contribution in [3.05, 3.63) is 11.6 Å². The van der Waals surface area contributed by atoms with Crippen molar-refractivity contribution in [1.29, 1.82) is 0 Å². The molecule has 0 atom stereocenters. The van der Waals surface area contributed by atoms with Crippen molar-refractivity contribution in [1.82, 2.24) is 15.5 Å². The van der Waals surface area contributed by atoms with Crippen LogP contribution in [0.3, 0.4) is 0 Å². The SMILES string of the molecule is CSN(C)c1nnc(N2CCNCC2)cc1C. The molecule has 0 radical (unpaired) electrons. The predicted molar refractivity (Wildman–Crippen MR) is 73.8 cm³/mol. The molecule has 1 aliphatic rings. The fourth-order valence-electron chi connectivity index (χ4n) is 1.91. The number of aryl methyl sites for hydroxylation is 1. The minimum absolute atomic E-state index is 0.941. The van der Waals surface area contributed by atoms with Gasteiger partial charge in [0, 0.05) is 39.5 Å². The number of nitrogens with one attached hydrogen (secondary N) is 1. The zero-order chi connectivity index (χ0) is 12.3. The van der Waals surface area contributed by atoms with Gasteiger partial charge in [0.05, 0.1) is 0 Å². The zero-order valence-electron chi connectivity index (χ0n) is 10.6. The molecule has 1 aromatic heterocycles. The van der Waals surface area contributed by atoms with Gasteiger partial charge in [-0.15, -0.1) is 10.2 Å². The normalized spacial score (nSPS) is 16.1. The average molecular weight is 253 g/mol. The fourth-order valence-corrected chi connectivity index (χ4v) is 2.26.